The van der Waals surface area contributed by atoms with Gasteiger partial charge in [-0.15, -0.1) is 0 Å². The van der Waals surface area contributed by atoms with Gasteiger partial charge in [-0.25, -0.2) is 4.39 Å². The van der Waals surface area contributed by atoms with Gasteiger partial charge in [-0.05, 0) is 50.6 Å². The van der Waals surface area contributed by atoms with Gasteiger partial charge in [0.15, 0.2) is 0 Å². The van der Waals surface area contributed by atoms with E-state index in [9.17, 15) is 9.18 Å². The summed E-state index contributed by atoms with van der Waals surface area (Å²) in [5.41, 5.74) is 0.952. The minimum Gasteiger partial charge on any atom is -0.352 e. The number of benzene rings is 1. The van der Waals surface area contributed by atoms with Crippen LogP contribution in [-0.4, -0.2) is 37.5 Å². The van der Waals surface area contributed by atoms with Crippen molar-refractivity contribution < 1.29 is 9.18 Å². The van der Waals surface area contributed by atoms with Gasteiger partial charge in [0.05, 0.1) is 0 Å². The van der Waals surface area contributed by atoms with Gasteiger partial charge in [0.2, 0.25) is 0 Å². The van der Waals surface area contributed by atoms with E-state index in [0.29, 0.717) is 23.6 Å². The summed E-state index contributed by atoms with van der Waals surface area (Å²) in [6, 6.07) is 4.59. The van der Waals surface area contributed by atoms with Crippen molar-refractivity contribution in [2.24, 2.45) is 5.92 Å². The number of amides is 1. The molecule has 1 atom stereocenters. The Morgan fingerprint density at radius 2 is 2.33 bits per heavy atom. The zero-order valence-electron chi connectivity index (χ0n) is 10.9. The molecular formula is C14H19FN2O. The SMILES string of the molecule is Cc1ccc(C(=O)NC[C@@H]2CCN(C)C2)cc1F. The lowest BCUT2D eigenvalue weighted by Crippen LogP contribution is -2.30. The van der Waals surface area contributed by atoms with Gasteiger partial charge in [0.25, 0.3) is 5.91 Å². The molecule has 18 heavy (non-hydrogen) atoms. The molecule has 1 aliphatic rings. The molecule has 98 valence electrons. The van der Waals surface area contributed by atoms with E-state index < -0.39 is 0 Å². The van der Waals surface area contributed by atoms with Gasteiger partial charge in [-0.2, -0.15) is 0 Å². The van der Waals surface area contributed by atoms with Gasteiger partial charge in [0.1, 0.15) is 5.82 Å². The van der Waals surface area contributed by atoms with Gasteiger partial charge in [-0.3, -0.25) is 4.79 Å². The largest absolute Gasteiger partial charge is 0.352 e. The summed E-state index contributed by atoms with van der Waals surface area (Å²) >= 11 is 0. The number of aryl methyl sites for hydroxylation is 1. The molecule has 1 heterocycles. The van der Waals surface area contributed by atoms with E-state index in [-0.39, 0.29) is 11.7 Å². The van der Waals surface area contributed by atoms with Crippen LogP contribution in [0.4, 0.5) is 4.39 Å². The lowest BCUT2D eigenvalue weighted by Gasteiger charge is -2.12. The monoisotopic (exact) mass is 250 g/mol. The van der Waals surface area contributed by atoms with Crippen molar-refractivity contribution in [1.29, 1.82) is 0 Å². The van der Waals surface area contributed by atoms with Crippen molar-refractivity contribution in [3.63, 3.8) is 0 Å². The fourth-order valence-corrected chi connectivity index (χ4v) is 2.27. The molecular weight excluding hydrogens is 231 g/mol. The van der Waals surface area contributed by atoms with Crippen molar-refractivity contribution in [2.75, 3.05) is 26.7 Å². The predicted octanol–water partition coefficient (Wildman–Crippen LogP) is 1.82. The van der Waals surface area contributed by atoms with E-state index in [1.54, 1.807) is 19.1 Å². The number of rotatable bonds is 3. The Hall–Kier alpha value is -1.42. The number of nitrogens with one attached hydrogen (secondary N) is 1. The number of nitrogens with zero attached hydrogens (tertiary/aromatic N) is 1. The van der Waals surface area contributed by atoms with Crippen molar-refractivity contribution in [3.8, 4) is 0 Å². The first-order chi connectivity index (χ1) is 8.56. The number of hydrogen-bond donors (Lipinski definition) is 1. The lowest BCUT2D eigenvalue weighted by atomic mass is 10.1. The standard InChI is InChI=1S/C14H19FN2O/c1-10-3-4-12(7-13(10)15)14(18)16-8-11-5-6-17(2)9-11/h3-4,7,11H,5-6,8-9H2,1-2H3,(H,16,18)/t11-/m0/s1. The van der Waals surface area contributed by atoms with Crippen LogP contribution in [0.1, 0.15) is 22.3 Å². The summed E-state index contributed by atoms with van der Waals surface area (Å²) in [6.45, 7) is 4.45. The fourth-order valence-electron chi connectivity index (χ4n) is 2.27. The van der Waals surface area contributed by atoms with Crippen molar-refractivity contribution in [3.05, 3.63) is 35.1 Å². The topological polar surface area (TPSA) is 32.3 Å². The van der Waals surface area contributed by atoms with E-state index >= 15 is 0 Å². The van der Waals surface area contributed by atoms with E-state index in [4.69, 9.17) is 0 Å². The van der Waals surface area contributed by atoms with Crippen LogP contribution in [0.2, 0.25) is 0 Å². The molecule has 0 unspecified atom stereocenters. The summed E-state index contributed by atoms with van der Waals surface area (Å²) in [5, 5.41) is 2.88. The Balaban J connectivity index is 1.89. The first-order valence-corrected chi connectivity index (χ1v) is 6.29. The second-order valence-corrected chi connectivity index (χ2v) is 5.09. The van der Waals surface area contributed by atoms with Crippen LogP contribution in [0, 0.1) is 18.7 Å². The smallest absolute Gasteiger partial charge is 0.251 e. The van der Waals surface area contributed by atoms with Crippen LogP contribution in [0.5, 0.6) is 0 Å². The highest BCUT2D eigenvalue weighted by molar-refractivity contribution is 5.94. The maximum Gasteiger partial charge on any atom is 0.251 e. The zero-order valence-corrected chi connectivity index (χ0v) is 10.9. The molecule has 1 aromatic carbocycles. The Morgan fingerprint density at radius 3 is 2.94 bits per heavy atom. The third kappa shape index (κ3) is 3.07. The molecule has 0 aliphatic carbocycles. The maximum absolute atomic E-state index is 13.3. The summed E-state index contributed by atoms with van der Waals surface area (Å²) in [7, 11) is 2.08. The molecule has 1 aromatic rings. The zero-order chi connectivity index (χ0) is 13.1. The van der Waals surface area contributed by atoms with Crippen LogP contribution >= 0.6 is 0 Å². The highest BCUT2D eigenvalue weighted by Gasteiger charge is 2.20. The quantitative estimate of drug-likeness (QED) is 0.887. The van der Waals surface area contributed by atoms with Gasteiger partial charge in [0, 0.05) is 18.7 Å². The van der Waals surface area contributed by atoms with E-state index in [1.807, 2.05) is 0 Å². The van der Waals surface area contributed by atoms with Crippen molar-refractivity contribution >= 4 is 5.91 Å². The molecule has 0 radical (unpaired) electrons. The second-order valence-electron chi connectivity index (χ2n) is 5.09. The Bertz CT molecular complexity index is 447. The molecule has 0 saturated carbocycles. The number of carbonyl (C=O) groups is 1. The van der Waals surface area contributed by atoms with Crippen LogP contribution in [0.25, 0.3) is 0 Å². The number of likely N-dealkylation sites (tertiary alicyclic amines) is 1. The van der Waals surface area contributed by atoms with E-state index in [0.717, 1.165) is 19.5 Å². The van der Waals surface area contributed by atoms with Crippen LogP contribution in [-0.2, 0) is 0 Å². The fraction of sp³-hybridized carbons (Fsp3) is 0.500. The molecule has 4 heteroatoms. The number of halogens is 1. The molecule has 1 amide bonds. The first kappa shape index (κ1) is 13.0. The third-order valence-corrected chi connectivity index (χ3v) is 3.47. The molecule has 1 N–H and O–H groups in total. The number of hydrogen-bond acceptors (Lipinski definition) is 2. The maximum atomic E-state index is 13.3. The molecule has 3 nitrogen and oxygen atoms in total. The van der Waals surface area contributed by atoms with Gasteiger partial charge >= 0.3 is 0 Å². The second kappa shape index (κ2) is 5.48. The first-order valence-electron chi connectivity index (χ1n) is 6.29. The van der Waals surface area contributed by atoms with Crippen LogP contribution < -0.4 is 5.32 Å². The highest BCUT2D eigenvalue weighted by atomic mass is 19.1. The average Bonchev–Trinajstić information content (AvgIpc) is 2.75. The molecule has 0 bridgehead atoms. The molecule has 1 aliphatic heterocycles. The van der Waals surface area contributed by atoms with Gasteiger partial charge < -0.3 is 10.2 Å². The molecule has 1 saturated heterocycles. The normalized spacial score (nSPS) is 20.1. The number of carbonyl (C=O) groups excluding carboxylic acids is 1. The van der Waals surface area contributed by atoms with Crippen LogP contribution in [0.3, 0.4) is 0 Å². The summed E-state index contributed by atoms with van der Waals surface area (Å²) in [6.07, 6.45) is 1.11. The third-order valence-electron chi connectivity index (χ3n) is 3.47. The molecule has 2 rings (SSSR count). The Labute approximate surface area is 107 Å². The van der Waals surface area contributed by atoms with Crippen molar-refractivity contribution in [2.45, 2.75) is 13.3 Å². The summed E-state index contributed by atoms with van der Waals surface area (Å²) in [5.74, 6) is -0.0130. The molecule has 0 aromatic heterocycles. The Kier molecular flexibility index (Phi) is 3.97. The van der Waals surface area contributed by atoms with Gasteiger partial charge in [-0.1, -0.05) is 6.07 Å². The van der Waals surface area contributed by atoms with E-state index in [1.165, 1.54) is 6.07 Å². The molecule has 0 spiro atoms. The lowest BCUT2D eigenvalue weighted by molar-refractivity contribution is 0.0947. The highest BCUT2D eigenvalue weighted by Crippen LogP contribution is 2.13. The minimum absolute atomic E-state index is 0.191. The molecule has 1 fully saturated rings. The van der Waals surface area contributed by atoms with Crippen molar-refractivity contribution in [1.82, 2.24) is 10.2 Å². The van der Waals surface area contributed by atoms with Crippen LogP contribution in [0.15, 0.2) is 18.2 Å². The van der Waals surface area contributed by atoms with E-state index in [2.05, 4.69) is 17.3 Å². The predicted molar refractivity (Wildman–Crippen MR) is 69.1 cm³/mol. The average molecular weight is 250 g/mol. The Morgan fingerprint density at radius 1 is 1.56 bits per heavy atom. The summed E-state index contributed by atoms with van der Waals surface area (Å²) < 4.78 is 13.3. The minimum atomic E-state index is -0.330. The summed E-state index contributed by atoms with van der Waals surface area (Å²) in [4.78, 5) is 14.1.